The predicted octanol–water partition coefficient (Wildman–Crippen LogP) is 0.642. The molecule has 2 N–H and O–H groups in total. The van der Waals surface area contributed by atoms with Crippen LogP contribution < -0.4 is 5.32 Å². The summed E-state index contributed by atoms with van der Waals surface area (Å²) in [6.45, 7) is 4.07. The third kappa shape index (κ3) is 2.50. The Morgan fingerprint density at radius 3 is 3.00 bits per heavy atom. The number of anilines is 1. The van der Waals surface area contributed by atoms with Gasteiger partial charge < -0.3 is 14.8 Å². The van der Waals surface area contributed by atoms with Crippen molar-refractivity contribution in [2.75, 3.05) is 11.9 Å². The molecule has 1 aromatic heterocycles. The molecule has 5 nitrogen and oxygen atoms in total. The van der Waals surface area contributed by atoms with E-state index < -0.39 is 5.60 Å². The molecule has 0 amide bonds. The number of nitrogens with zero attached hydrogens (tertiary/aromatic N) is 2. The van der Waals surface area contributed by atoms with Crippen LogP contribution in [0.5, 0.6) is 0 Å². The van der Waals surface area contributed by atoms with E-state index in [-0.39, 0.29) is 0 Å². The summed E-state index contributed by atoms with van der Waals surface area (Å²) in [6.07, 6.45) is 1.91. The molecule has 1 heterocycles. The minimum Gasteiger partial charge on any atom is -0.411 e. The fraction of sp³-hybridized carbons (Fsp3) is 0.714. The van der Waals surface area contributed by atoms with Gasteiger partial charge in [-0.3, -0.25) is 0 Å². The SMILES string of the molecule is CCC(C)(O)CNc1nnco1. The van der Waals surface area contributed by atoms with E-state index in [0.29, 0.717) is 19.0 Å². The molecule has 0 aliphatic rings. The lowest BCUT2D eigenvalue weighted by Crippen LogP contribution is -2.32. The second kappa shape index (κ2) is 3.53. The number of nitrogens with one attached hydrogen (secondary N) is 1. The van der Waals surface area contributed by atoms with E-state index in [1.807, 2.05) is 6.92 Å². The van der Waals surface area contributed by atoms with Gasteiger partial charge in [-0.05, 0) is 13.3 Å². The summed E-state index contributed by atoms with van der Waals surface area (Å²) in [7, 11) is 0. The fourth-order valence-electron chi connectivity index (χ4n) is 0.641. The molecule has 0 aromatic carbocycles. The van der Waals surface area contributed by atoms with Gasteiger partial charge >= 0.3 is 6.01 Å². The first kappa shape index (κ1) is 8.99. The van der Waals surface area contributed by atoms with Crippen molar-refractivity contribution in [2.45, 2.75) is 25.9 Å². The lowest BCUT2D eigenvalue weighted by atomic mass is 10.0. The lowest BCUT2D eigenvalue weighted by molar-refractivity contribution is 0.0691. The van der Waals surface area contributed by atoms with Crippen LogP contribution in [0.25, 0.3) is 0 Å². The average Bonchev–Trinajstić information content (AvgIpc) is 2.53. The predicted molar refractivity (Wildman–Crippen MR) is 43.7 cm³/mol. The van der Waals surface area contributed by atoms with Crippen molar-refractivity contribution in [3.05, 3.63) is 6.39 Å². The lowest BCUT2D eigenvalue weighted by Gasteiger charge is -2.20. The van der Waals surface area contributed by atoms with Crippen LogP contribution in [0.4, 0.5) is 6.01 Å². The number of aromatic nitrogens is 2. The van der Waals surface area contributed by atoms with Crippen molar-refractivity contribution in [2.24, 2.45) is 0 Å². The Labute approximate surface area is 70.8 Å². The largest absolute Gasteiger partial charge is 0.411 e. The molecular weight excluding hydrogens is 158 g/mol. The van der Waals surface area contributed by atoms with Crippen molar-refractivity contribution in [1.82, 2.24) is 10.2 Å². The van der Waals surface area contributed by atoms with E-state index in [1.54, 1.807) is 6.92 Å². The molecule has 5 heteroatoms. The minimum atomic E-state index is -0.728. The van der Waals surface area contributed by atoms with Crippen LogP contribution in [-0.4, -0.2) is 27.4 Å². The summed E-state index contributed by atoms with van der Waals surface area (Å²) in [5.41, 5.74) is -0.728. The average molecular weight is 171 g/mol. The van der Waals surface area contributed by atoms with Gasteiger partial charge in [0, 0.05) is 6.54 Å². The molecule has 12 heavy (non-hydrogen) atoms. The van der Waals surface area contributed by atoms with Crippen LogP contribution in [0.3, 0.4) is 0 Å². The Morgan fingerprint density at radius 2 is 2.50 bits per heavy atom. The second-order valence-corrected chi connectivity index (χ2v) is 2.95. The van der Waals surface area contributed by atoms with Gasteiger partial charge in [0.15, 0.2) is 0 Å². The Morgan fingerprint density at radius 1 is 1.75 bits per heavy atom. The molecule has 0 aliphatic heterocycles. The summed E-state index contributed by atoms with van der Waals surface area (Å²) in [6, 6.07) is 0.337. The molecule has 68 valence electrons. The van der Waals surface area contributed by atoms with Crippen molar-refractivity contribution < 1.29 is 9.52 Å². The van der Waals surface area contributed by atoms with Crippen LogP contribution >= 0.6 is 0 Å². The maximum atomic E-state index is 9.57. The maximum Gasteiger partial charge on any atom is 0.315 e. The summed E-state index contributed by atoms with van der Waals surface area (Å²) in [4.78, 5) is 0. The minimum absolute atomic E-state index is 0.337. The smallest absolute Gasteiger partial charge is 0.315 e. The van der Waals surface area contributed by atoms with Crippen LogP contribution in [-0.2, 0) is 0 Å². The second-order valence-electron chi connectivity index (χ2n) is 2.95. The first-order chi connectivity index (χ1) is 5.64. The van der Waals surface area contributed by atoms with Crippen molar-refractivity contribution >= 4 is 6.01 Å². The zero-order valence-electron chi connectivity index (χ0n) is 7.24. The summed E-state index contributed by atoms with van der Waals surface area (Å²) in [5.74, 6) is 0. The summed E-state index contributed by atoms with van der Waals surface area (Å²) < 4.78 is 4.83. The third-order valence-electron chi connectivity index (χ3n) is 1.74. The summed E-state index contributed by atoms with van der Waals surface area (Å²) >= 11 is 0. The van der Waals surface area contributed by atoms with Crippen LogP contribution in [0.15, 0.2) is 10.8 Å². The summed E-state index contributed by atoms with van der Waals surface area (Å²) in [5, 5.41) is 19.5. The van der Waals surface area contributed by atoms with Gasteiger partial charge in [-0.25, -0.2) is 0 Å². The molecule has 0 saturated heterocycles. The number of aliphatic hydroxyl groups is 1. The van der Waals surface area contributed by atoms with E-state index in [9.17, 15) is 5.11 Å². The Hall–Kier alpha value is -1.10. The highest BCUT2D eigenvalue weighted by Crippen LogP contribution is 2.09. The third-order valence-corrected chi connectivity index (χ3v) is 1.74. The maximum absolute atomic E-state index is 9.57. The highest BCUT2D eigenvalue weighted by atomic mass is 16.4. The molecule has 0 saturated carbocycles. The highest BCUT2D eigenvalue weighted by Gasteiger charge is 2.17. The number of rotatable bonds is 4. The van der Waals surface area contributed by atoms with Crippen LogP contribution in [0, 0.1) is 0 Å². The van der Waals surface area contributed by atoms with Crippen molar-refractivity contribution in [3.63, 3.8) is 0 Å². The van der Waals surface area contributed by atoms with Gasteiger partial charge in [-0.2, -0.15) is 0 Å². The zero-order chi connectivity index (χ0) is 9.03. The van der Waals surface area contributed by atoms with Gasteiger partial charge in [0.25, 0.3) is 0 Å². The molecule has 0 radical (unpaired) electrons. The van der Waals surface area contributed by atoms with E-state index in [2.05, 4.69) is 15.5 Å². The van der Waals surface area contributed by atoms with E-state index in [1.165, 1.54) is 6.39 Å². The Bertz CT molecular complexity index is 221. The van der Waals surface area contributed by atoms with Crippen LogP contribution in [0.2, 0.25) is 0 Å². The van der Waals surface area contributed by atoms with Crippen LogP contribution in [0.1, 0.15) is 20.3 Å². The topological polar surface area (TPSA) is 71.2 Å². The van der Waals surface area contributed by atoms with E-state index in [4.69, 9.17) is 4.42 Å². The fourth-order valence-corrected chi connectivity index (χ4v) is 0.641. The Balaban J connectivity index is 2.36. The van der Waals surface area contributed by atoms with Gasteiger partial charge in [0.2, 0.25) is 6.39 Å². The van der Waals surface area contributed by atoms with Gasteiger partial charge in [-0.15, -0.1) is 5.10 Å². The Kier molecular flexibility index (Phi) is 2.65. The molecule has 1 rings (SSSR count). The molecule has 1 aromatic rings. The number of hydrogen-bond acceptors (Lipinski definition) is 5. The molecule has 1 unspecified atom stereocenters. The van der Waals surface area contributed by atoms with Crippen molar-refractivity contribution in [3.8, 4) is 0 Å². The van der Waals surface area contributed by atoms with Gasteiger partial charge in [0.05, 0.1) is 5.60 Å². The monoisotopic (exact) mass is 171 g/mol. The molecule has 0 fully saturated rings. The highest BCUT2D eigenvalue weighted by molar-refractivity contribution is 5.16. The molecular formula is C7H13N3O2. The standard InChI is InChI=1S/C7H13N3O2/c1-3-7(2,11)4-8-6-10-9-5-12-6/h5,11H,3-4H2,1-2H3,(H,8,10). The van der Waals surface area contributed by atoms with E-state index >= 15 is 0 Å². The molecule has 0 spiro atoms. The van der Waals surface area contributed by atoms with Gasteiger partial charge in [-0.1, -0.05) is 12.0 Å². The van der Waals surface area contributed by atoms with Gasteiger partial charge in [0.1, 0.15) is 0 Å². The molecule has 1 atom stereocenters. The number of hydrogen-bond donors (Lipinski definition) is 2. The zero-order valence-corrected chi connectivity index (χ0v) is 7.24. The van der Waals surface area contributed by atoms with E-state index in [0.717, 1.165) is 0 Å². The quantitative estimate of drug-likeness (QED) is 0.695. The normalized spacial score (nSPS) is 15.6. The molecule has 0 aliphatic carbocycles. The first-order valence-corrected chi connectivity index (χ1v) is 3.86. The molecule has 0 bridgehead atoms. The van der Waals surface area contributed by atoms with Crippen molar-refractivity contribution in [1.29, 1.82) is 0 Å². The first-order valence-electron chi connectivity index (χ1n) is 3.86.